The predicted molar refractivity (Wildman–Crippen MR) is 123 cm³/mol. The fourth-order valence-corrected chi connectivity index (χ4v) is 6.02. The molecule has 0 heterocycles. The van der Waals surface area contributed by atoms with Gasteiger partial charge in [0.1, 0.15) is 17.4 Å². The molecule has 1 unspecified atom stereocenters. The van der Waals surface area contributed by atoms with Crippen molar-refractivity contribution in [2.75, 3.05) is 6.61 Å². The molecular weight excluding hydrogens is 431 g/mol. The molecule has 3 N–H and O–H groups in total. The van der Waals surface area contributed by atoms with Crippen LogP contribution in [0.2, 0.25) is 0 Å². The molecule has 0 fully saturated rings. The zero-order valence-corrected chi connectivity index (χ0v) is 19.5. The van der Waals surface area contributed by atoms with Gasteiger partial charge in [-0.2, -0.15) is 0 Å². The Balaban J connectivity index is 2.39. The highest BCUT2D eigenvalue weighted by Gasteiger charge is 2.41. The molecule has 0 saturated carbocycles. The molecule has 0 aliphatic rings. The number of amides is 2. The number of Topliss-reactive ketones (excluding diaryl/α,β-unsaturated/α-hetero) is 1. The Bertz CT molecular complexity index is 945. The van der Waals surface area contributed by atoms with E-state index in [1.165, 1.54) is 6.92 Å². The standard InChI is InChI=1S/C23H29N2O6P/c1-16(27)21(25-20(28)19(15-26)24-22(29)31-23(2,3)4)32(30,17-11-7-5-8-12-17)18-13-9-6-10-14-18/h5-14,19,21,26H,15H2,1-4H3,(H,24,29)(H,25,28)/t19-,21?/m0/s1. The Morgan fingerprint density at radius 2 is 1.41 bits per heavy atom. The van der Waals surface area contributed by atoms with Gasteiger partial charge in [-0.15, -0.1) is 0 Å². The van der Waals surface area contributed by atoms with Gasteiger partial charge in [0.15, 0.2) is 12.9 Å². The molecule has 2 aromatic rings. The molecule has 0 spiro atoms. The number of carbonyl (C=O) groups excluding carboxylic acids is 3. The molecule has 2 atom stereocenters. The summed E-state index contributed by atoms with van der Waals surface area (Å²) in [4.78, 5) is 37.6. The van der Waals surface area contributed by atoms with Gasteiger partial charge in [0.05, 0.1) is 6.61 Å². The summed E-state index contributed by atoms with van der Waals surface area (Å²) in [5.41, 5.74) is -0.807. The minimum atomic E-state index is -3.67. The second-order valence-corrected chi connectivity index (χ2v) is 11.1. The average molecular weight is 460 g/mol. The Morgan fingerprint density at radius 3 is 1.78 bits per heavy atom. The maximum atomic E-state index is 14.4. The molecule has 0 aliphatic heterocycles. The Hall–Kier alpha value is -2.96. The van der Waals surface area contributed by atoms with E-state index in [-0.39, 0.29) is 0 Å². The van der Waals surface area contributed by atoms with Crippen molar-refractivity contribution in [2.45, 2.75) is 45.1 Å². The minimum Gasteiger partial charge on any atom is -0.444 e. The maximum Gasteiger partial charge on any atom is 0.408 e. The van der Waals surface area contributed by atoms with Gasteiger partial charge in [-0.05, 0) is 27.7 Å². The highest BCUT2D eigenvalue weighted by atomic mass is 31.2. The van der Waals surface area contributed by atoms with E-state index >= 15 is 0 Å². The molecule has 2 aromatic carbocycles. The lowest BCUT2D eigenvalue weighted by Crippen LogP contribution is -2.54. The average Bonchev–Trinajstić information content (AvgIpc) is 2.75. The normalized spacial score (nSPS) is 13.5. The lowest BCUT2D eigenvalue weighted by Gasteiger charge is -2.29. The Kier molecular flexibility index (Phi) is 8.36. The molecule has 0 aliphatic carbocycles. The number of aliphatic hydroxyl groups excluding tert-OH is 1. The number of rotatable bonds is 8. The van der Waals surface area contributed by atoms with Crippen LogP contribution >= 0.6 is 7.14 Å². The molecule has 0 saturated heterocycles. The predicted octanol–water partition coefficient (Wildman–Crippen LogP) is 1.92. The van der Waals surface area contributed by atoms with Crippen molar-refractivity contribution >= 4 is 35.5 Å². The summed E-state index contributed by atoms with van der Waals surface area (Å²) in [5, 5.41) is 15.2. The zero-order chi connectivity index (χ0) is 23.9. The van der Waals surface area contributed by atoms with Crippen molar-refractivity contribution in [1.29, 1.82) is 0 Å². The van der Waals surface area contributed by atoms with Crippen LogP contribution in [0.25, 0.3) is 0 Å². The number of benzene rings is 2. The summed E-state index contributed by atoms with van der Waals surface area (Å²) in [6.45, 7) is 5.46. The zero-order valence-electron chi connectivity index (χ0n) is 18.6. The third-order valence-electron chi connectivity index (χ3n) is 4.50. The number of ketones is 1. The minimum absolute atomic E-state index is 0.396. The van der Waals surface area contributed by atoms with Gasteiger partial charge in [-0.3, -0.25) is 9.59 Å². The van der Waals surface area contributed by atoms with Crippen LogP contribution in [0.4, 0.5) is 4.79 Å². The van der Waals surface area contributed by atoms with Crippen LogP contribution in [-0.2, 0) is 18.9 Å². The first kappa shape index (κ1) is 25.3. The quantitative estimate of drug-likeness (QED) is 0.518. The molecule has 2 amide bonds. The first-order valence-corrected chi connectivity index (χ1v) is 11.9. The van der Waals surface area contributed by atoms with E-state index in [0.717, 1.165) is 0 Å². The van der Waals surface area contributed by atoms with Crippen molar-refractivity contribution < 1.29 is 28.8 Å². The van der Waals surface area contributed by atoms with Crippen molar-refractivity contribution in [3.05, 3.63) is 60.7 Å². The molecule has 2 rings (SSSR count). The highest BCUT2D eigenvalue weighted by Crippen LogP contribution is 2.47. The first-order chi connectivity index (χ1) is 15.0. The molecule has 32 heavy (non-hydrogen) atoms. The van der Waals surface area contributed by atoms with Crippen LogP contribution in [0.15, 0.2) is 60.7 Å². The first-order valence-electron chi connectivity index (χ1n) is 10.1. The number of ether oxygens (including phenoxy) is 1. The number of hydrogen-bond acceptors (Lipinski definition) is 6. The van der Waals surface area contributed by atoms with Crippen molar-refractivity contribution in [1.82, 2.24) is 10.6 Å². The Morgan fingerprint density at radius 1 is 0.938 bits per heavy atom. The van der Waals surface area contributed by atoms with Crippen LogP contribution in [-0.4, -0.2) is 46.9 Å². The number of nitrogens with one attached hydrogen (secondary N) is 2. The van der Waals surface area contributed by atoms with E-state index in [0.29, 0.717) is 10.6 Å². The summed E-state index contributed by atoms with van der Waals surface area (Å²) >= 11 is 0. The molecule has 0 aromatic heterocycles. The number of alkyl carbamates (subject to hydrolysis) is 1. The summed E-state index contributed by atoms with van der Waals surface area (Å²) in [7, 11) is -3.67. The van der Waals surface area contributed by atoms with Gasteiger partial charge in [0, 0.05) is 10.6 Å². The third-order valence-corrected chi connectivity index (χ3v) is 7.85. The van der Waals surface area contributed by atoms with E-state index in [4.69, 9.17) is 4.74 Å². The molecule has 0 bridgehead atoms. The van der Waals surface area contributed by atoms with E-state index in [9.17, 15) is 24.1 Å². The number of hydrogen-bond donors (Lipinski definition) is 3. The lowest BCUT2D eigenvalue weighted by atomic mass is 10.2. The second kappa shape index (κ2) is 10.6. The van der Waals surface area contributed by atoms with Gasteiger partial charge in [0.2, 0.25) is 5.91 Å². The highest BCUT2D eigenvalue weighted by molar-refractivity contribution is 7.80. The number of aliphatic hydroxyl groups is 1. The van der Waals surface area contributed by atoms with E-state index < -0.39 is 49.0 Å². The molecule has 9 heteroatoms. The fraction of sp³-hybridized carbons (Fsp3) is 0.348. The van der Waals surface area contributed by atoms with Gasteiger partial charge in [-0.25, -0.2) is 4.79 Å². The topological polar surface area (TPSA) is 122 Å². The molecular formula is C23H29N2O6P. The summed E-state index contributed by atoms with van der Waals surface area (Å²) in [5.74, 6) is -2.77. The summed E-state index contributed by atoms with van der Waals surface area (Å²) < 4.78 is 19.5. The van der Waals surface area contributed by atoms with Gasteiger partial charge < -0.3 is 25.0 Å². The summed E-state index contributed by atoms with van der Waals surface area (Å²) in [6.07, 6.45) is -0.902. The van der Waals surface area contributed by atoms with Crippen LogP contribution in [0.1, 0.15) is 27.7 Å². The molecule has 172 valence electrons. The molecule has 8 nitrogen and oxygen atoms in total. The molecule has 0 radical (unpaired) electrons. The van der Waals surface area contributed by atoms with E-state index in [2.05, 4.69) is 10.6 Å². The van der Waals surface area contributed by atoms with Crippen molar-refractivity contribution in [2.24, 2.45) is 0 Å². The van der Waals surface area contributed by atoms with Crippen molar-refractivity contribution in [3.8, 4) is 0 Å². The van der Waals surface area contributed by atoms with Crippen LogP contribution in [0, 0.1) is 0 Å². The van der Waals surface area contributed by atoms with Crippen LogP contribution in [0.3, 0.4) is 0 Å². The SMILES string of the molecule is CC(=O)C(NC(=O)[C@H](CO)NC(=O)OC(C)(C)C)P(=O)(c1ccccc1)c1ccccc1. The van der Waals surface area contributed by atoms with Gasteiger partial charge >= 0.3 is 6.09 Å². The maximum absolute atomic E-state index is 14.4. The number of carbonyl (C=O) groups is 3. The van der Waals surface area contributed by atoms with E-state index in [1.807, 2.05) is 0 Å². The smallest absolute Gasteiger partial charge is 0.408 e. The Labute approximate surface area is 187 Å². The third kappa shape index (κ3) is 6.28. The fourth-order valence-electron chi connectivity index (χ4n) is 3.07. The van der Waals surface area contributed by atoms with E-state index in [1.54, 1.807) is 81.4 Å². The monoisotopic (exact) mass is 460 g/mol. The van der Waals surface area contributed by atoms with Crippen LogP contribution in [0.5, 0.6) is 0 Å². The van der Waals surface area contributed by atoms with Crippen LogP contribution < -0.4 is 21.2 Å². The lowest BCUT2D eigenvalue weighted by molar-refractivity contribution is -0.127. The summed E-state index contributed by atoms with van der Waals surface area (Å²) in [6, 6.07) is 15.5. The van der Waals surface area contributed by atoms with Gasteiger partial charge in [-0.1, -0.05) is 60.7 Å². The second-order valence-electron chi connectivity index (χ2n) is 8.23. The van der Waals surface area contributed by atoms with Gasteiger partial charge in [0.25, 0.3) is 0 Å². The largest absolute Gasteiger partial charge is 0.444 e. The van der Waals surface area contributed by atoms with Crippen molar-refractivity contribution in [3.63, 3.8) is 0 Å².